The number of hydrogen-bond donors (Lipinski definition) is 2. The molecule has 1 aromatic carbocycles. The summed E-state index contributed by atoms with van der Waals surface area (Å²) in [4.78, 5) is 14.2. The first kappa shape index (κ1) is 14.9. The number of nitro benzene ring substituents is 1. The molecule has 0 unspecified atom stereocenters. The van der Waals surface area contributed by atoms with Gasteiger partial charge in [0.1, 0.15) is 0 Å². The molecule has 0 aliphatic carbocycles. The van der Waals surface area contributed by atoms with Crippen LogP contribution in [-0.2, 0) is 6.42 Å². The van der Waals surface area contributed by atoms with Crippen molar-refractivity contribution in [3.05, 3.63) is 39.9 Å². The summed E-state index contributed by atoms with van der Waals surface area (Å²) < 4.78 is 0. The number of rotatable bonds is 6. The van der Waals surface area contributed by atoms with E-state index in [-0.39, 0.29) is 10.6 Å². The molecular formula is C13H20N4O2. The zero-order valence-electron chi connectivity index (χ0n) is 11.3. The molecule has 104 valence electrons. The van der Waals surface area contributed by atoms with Crippen LogP contribution in [0.15, 0.2) is 29.3 Å². The molecule has 0 aromatic heterocycles. The van der Waals surface area contributed by atoms with Crippen LogP contribution in [0.25, 0.3) is 0 Å². The standard InChI is InChI=1S/C13H20N4O2/c1-14-13(15-2)16-10-4-3-5-11-6-8-12(9-7-11)17(18)19/h6-9H,3-5,10H2,1-2H3,(H2,14,15,16). The van der Waals surface area contributed by atoms with E-state index in [2.05, 4.69) is 15.6 Å². The molecule has 0 fully saturated rings. The average molecular weight is 264 g/mol. The Hall–Kier alpha value is -2.11. The molecule has 0 aliphatic rings. The van der Waals surface area contributed by atoms with Gasteiger partial charge < -0.3 is 10.6 Å². The summed E-state index contributed by atoms with van der Waals surface area (Å²) in [6.07, 6.45) is 2.99. The van der Waals surface area contributed by atoms with E-state index in [0.717, 1.165) is 37.3 Å². The Morgan fingerprint density at radius 3 is 2.53 bits per heavy atom. The highest BCUT2D eigenvalue weighted by atomic mass is 16.6. The van der Waals surface area contributed by atoms with Gasteiger partial charge in [-0.1, -0.05) is 12.1 Å². The van der Waals surface area contributed by atoms with Gasteiger partial charge in [0.05, 0.1) is 4.92 Å². The Kier molecular flexibility index (Phi) is 6.35. The van der Waals surface area contributed by atoms with E-state index in [9.17, 15) is 10.1 Å². The number of benzene rings is 1. The number of nitrogens with zero attached hydrogens (tertiary/aromatic N) is 2. The van der Waals surface area contributed by atoms with Gasteiger partial charge in [-0.15, -0.1) is 0 Å². The minimum Gasteiger partial charge on any atom is -0.359 e. The fourth-order valence-electron chi connectivity index (χ4n) is 1.72. The maximum absolute atomic E-state index is 10.5. The van der Waals surface area contributed by atoms with Crippen LogP contribution in [0.5, 0.6) is 0 Å². The average Bonchev–Trinajstić information content (AvgIpc) is 2.43. The van der Waals surface area contributed by atoms with Gasteiger partial charge in [0.2, 0.25) is 0 Å². The highest BCUT2D eigenvalue weighted by Gasteiger charge is 2.03. The highest BCUT2D eigenvalue weighted by Crippen LogP contribution is 2.13. The van der Waals surface area contributed by atoms with Crippen LogP contribution in [0, 0.1) is 10.1 Å². The fourth-order valence-corrected chi connectivity index (χ4v) is 1.72. The molecule has 2 N–H and O–H groups in total. The molecule has 0 radical (unpaired) electrons. The predicted octanol–water partition coefficient (Wildman–Crippen LogP) is 1.71. The number of aliphatic imine (C=N–C) groups is 1. The second-order valence-electron chi connectivity index (χ2n) is 4.13. The lowest BCUT2D eigenvalue weighted by Crippen LogP contribution is -2.35. The van der Waals surface area contributed by atoms with Crippen LogP contribution in [0.3, 0.4) is 0 Å². The van der Waals surface area contributed by atoms with Crippen LogP contribution in [-0.4, -0.2) is 31.5 Å². The topological polar surface area (TPSA) is 79.6 Å². The van der Waals surface area contributed by atoms with Crippen LogP contribution in [0.4, 0.5) is 5.69 Å². The van der Waals surface area contributed by atoms with E-state index in [0.29, 0.717) is 0 Å². The Labute approximate surface area is 113 Å². The fraction of sp³-hybridized carbons (Fsp3) is 0.462. The van der Waals surface area contributed by atoms with Gasteiger partial charge in [0.25, 0.3) is 5.69 Å². The van der Waals surface area contributed by atoms with Gasteiger partial charge in [0, 0.05) is 32.8 Å². The molecule has 1 aromatic rings. The first-order valence-corrected chi connectivity index (χ1v) is 6.29. The zero-order chi connectivity index (χ0) is 14.1. The molecule has 0 spiro atoms. The lowest BCUT2D eigenvalue weighted by molar-refractivity contribution is -0.384. The normalized spacial score (nSPS) is 11.2. The van der Waals surface area contributed by atoms with Crippen molar-refractivity contribution in [2.75, 3.05) is 20.6 Å². The molecule has 1 rings (SSSR count). The van der Waals surface area contributed by atoms with E-state index in [1.807, 2.05) is 19.2 Å². The minimum atomic E-state index is -0.378. The zero-order valence-corrected chi connectivity index (χ0v) is 11.3. The van der Waals surface area contributed by atoms with E-state index < -0.39 is 0 Å². The molecule has 6 nitrogen and oxygen atoms in total. The summed E-state index contributed by atoms with van der Waals surface area (Å²) in [5, 5.41) is 16.6. The summed E-state index contributed by atoms with van der Waals surface area (Å²) >= 11 is 0. The molecule has 0 amide bonds. The molecule has 6 heteroatoms. The number of nitro groups is 1. The largest absolute Gasteiger partial charge is 0.359 e. The number of unbranched alkanes of at least 4 members (excludes halogenated alkanes) is 1. The molecule has 0 aliphatic heterocycles. The monoisotopic (exact) mass is 264 g/mol. The molecule has 19 heavy (non-hydrogen) atoms. The summed E-state index contributed by atoms with van der Waals surface area (Å²) in [6, 6.07) is 6.74. The van der Waals surface area contributed by atoms with Crippen molar-refractivity contribution in [3.8, 4) is 0 Å². The summed E-state index contributed by atoms with van der Waals surface area (Å²) in [6.45, 7) is 0.862. The number of aryl methyl sites for hydroxylation is 1. The highest BCUT2D eigenvalue weighted by molar-refractivity contribution is 5.79. The second-order valence-corrected chi connectivity index (χ2v) is 4.13. The Bertz CT molecular complexity index is 429. The van der Waals surface area contributed by atoms with Crippen molar-refractivity contribution in [3.63, 3.8) is 0 Å². The molecule has 0 bridgehead atoms. The maximum Gasteiger partial charge on any atom is 0.269 e. The van der Waals surface area contributed by atoms with Gasteiger partial charge in [-0.25, -0.2) is 0 Å². The van der Waals surface area contributed by atoms with Crippen molar-refractivity contribution < 1.29 is 4.92 Å². The van der Waals surface area contributed by atoms with Crippen molar-refractivity contribution in [1.82, 2.24) is 10.6 Å². The van der Waals surface area contributed by atoms with Gasteiger partial charge >= 0.3 is 0 Å². The summed E-state index contributed by atoms with van der Waals surface area (Å²) in [5.41, 5.74) is 1.27. The van der Waals surface area contributed by atoms with Crippen molar-refractivity contribution >= 4 is 11.6 Å². The lowest BCUT2D eigenvalue weighted by Gasteiger charge is -2.08. The van der Waals surface area contributed by atoms with Gasteiger partial charge in [-0.2, -0.15) is 0 Å². The molecule has 0 heterocycles. The molecule has 0 saturated carbocycles. The SMILES string of the molecule is CN=C(NC)NCCCCc1ccc([N+](=O)[O-])cc1. The predicted molar refractivity (Wildman–Crippen MR) is 76.5 cm³/mol. The third-order valence-electron chi connectivity index (χ3n) is 2.79. The van der Waals surface area contributed by atoms with E-state index in [1.165, 1.54) is 0 Å². The number of hydrogen-bond acceptors (Lipinski definition) is 3. The van der Waals surface area contributed by atoms with Gasteiger partial charge in [-0.3, -0.25) is 15.1 Å². The van der Waals surface area contributed by atoms with Crippen LogP contribution < -0.4 is 10.6 Å². The number of non-ortho nitro benzene ring substituents is 1. The Balaban J connectivity index is 2.24. The summed E-state index contributed by atoms with van der Waals surface area (Å²) in [7, 11) is 3.56. The van der Waals surface area contributed by atoms with Gasteiger partial charge in [-0.05, 0) is 24.8 Å². The molecule has 0 saturated heterocycles. The third kappa shape index (κ3) is 5.37. The molecular weight excluding hydrogens is 244 g/mol. The van der Waals surface area contributed by atoms with Crippen LogP contribution in [0.2, 0.25) is 0 Å². The van der Waals surface area contributed by atoms with Crippen LogP contribution in [0.1, 0.15) is 18.4 Å². The van der Waals surface area contributed by atoms with Crippen LogP contribution >= 0.6 is 0 Å². The summed E-state index contributed by atoms with van der Waals surface area (Å²) in [5.74, 6) is 0.787. The van der Waals surface area contributed by atoms with E-state index in [4.69, 9.17) is 0 Å². The quantitative estimate of drug-likeness (QED) is 0.269. The number of nitrogens with one attached hydrogen (secondary N) is 2. The Morgan fingerprint density at radius 1 is 1.32 bits per heavy atom. The molecule has 0 atom stereocenters. The number of guanidine groups is 1. The van der Waals surface area contributed by atoms with Crippen molar-refractivity contribution in [1.29, 1.82) is 0 Å². The second kappa shape index (κ2) is 8.07. The van der Waals surface area contributed by atoms with Gasteiger partial charge in [0.15, 0.2) is 5.96 Å². The third-order valence-corrected chi connectivity index (χ3v) is 2.79. The van der Waals surface area contributed by atoms with Crippen molar-refractivity contribution in [2.45, 2.75) is 19.3 Å². The maximum atomic E-state index is 10.5. The Morgan fingerprint density at radius 2 is 2.00 bits per heavy atom. The van der Waals surface area contributed by atoms with E-state index >= 15 is 0 Å². The first-order chi connectivity index (χ1) is 9.17. The van der Waals surface area contributed by atoms with Crippen molar-refractivity contribution in [2.24, 2.45) is 4.99 Å². The minimum absolute atomic E-state index is 0.142. The van der Waals surface area contributed by atoms with E-state index in [1.54, 1.807) is 19.2 Å². The first-order valence-electron chi connectivity index (χ1n) is 6.29. The lowest BCUT2D eigenvalue weighted by atomic mass is 10.1. The smallest absolute Gasteiger partial charge is 0.269 e.